The number of nitrogens with one attached hydrogen (secondary N) is 1. The number of hydrogen-bond donors (Lipinski definition) is 2. The van der Waals surface area contributed by atoms with Crippen molar-refractivity contribution in [2.24, 2.45) is 10.9 Å². The summed E-state index contributed by atoms with van der Waals surface area (Å²) in [5.74, 6) is 0.134. The summed E-state index contributed by atoms with van der Waals surface area (Å²) in [5, 5.41) is 12.9. The van der Waals surface area contributed by atoms with Crippen molar-refractivity contribution in [3.8, 4) is 0 Å². The van der Waals surface area contributed by atoms with Gasteiger partial charge in [-0.25, -0.2) is 0 Å². The van der Waals surface area contributed by atoms with E-state index < -0.39 is 18.1 Å². The predicted molar refractivity (Wildman–Crippen MR) is 86.0 cm³/mol. The van der Waals surface area contributed by atoms with Crippen LogP contribution in [0.1, 0.15) is 20.3 Å². The molecular weight excluding hydrogens is 303 g/mol. The normalized spacial score (nSPS) is 27.2. The Hall–Kier alpha value is -1.78. The second-order valence-electron chi connectivity index (χ2n) is 5.36. The maximum Gasteiger partial charge on any atom is 0.248 e. The van der Waals surface area contributed by atoms with E-state index in [1.807, 2.05) is 6.92 Å². The van der Waals surface area contributed by atoms with Crippen molar-refractivity contribution in [2.45, 2.75) is 32.4 Å². The Balaban J connectivity index is 2.20. The molecule has 0 aromatic carbocycles. The second-order valence-corrected chi connectivity index (χ2v) is 5.80. The summed E-state index contributed by atoms with van der Waals surface area (Å²) in [4.78, 5) is 27.4. The highest BCUT2D eigenvalue weighted by atomic mass is 31.1. The molecule has 0 spiro atoms. The van der Waals surface area contributed by atoms with E-state index in [1.54, 1.807) is 12.2 Å². The summed E-state index contributed by atoms with van der Waals surface area (Å²) >= 11 is 0. The topological polar surface area (TPSA) is 88.0 Å². The lowest BCUT2D eigenvalue weighted by molar-refractivity contribution is -0.126. The molecule has 0 fully saturated rings. The van der Waals surface area contributed by atoms with Crippen LogP contribution < -0.4 is 5.32 Å². The van der Waals surface area contributed by atoms with Gasteiger partial charge in [0, 0.05) is 18.1 Å². The standard InChI is InChI=1S/C15H19N2O4P/c1-8(18)7-16-15(20)13-14(19)11-5-4-10(21-22-3)6-12(11)9(2)17-13/h4-5,12-14,19H,3,6-7H2,1-2H3,(H,16,20). The minimum absolute atomic E-state index is 0.0560. The molecule has 0 saturated carbocycles. The molecule has 1 aliphatic heterocycles. The number of nitrogens with zero attached hydrogens (tertiary/aromatic N) is 1. The smallest absolute Gasteiger partial charge is 0.248 e. The van der Waals surface area contributed by atoms with Crippen molar-refractivity contribution in [3.05, 3.63) is 23.5 Å². The number of aliphatic imine (C=N–C) groups is 1. The largest absolute Gasteiger partial charge is 0.444 e. The highest BCUT2D eigenvalue weighted by Crippen LogP contribution is 2.35. The first-order valence-electron chi connectivity index (χ1n) is 6.97. The fraction of sp³-hybridized carbons (Fsp3) is 0.467. The van der Waals surface area contributed by atoms with Gasteiger partial charge in [0.25, 0.3) is 0 Å². The first kappa shape index (κ1) is 16.6. The van der Waals surface area contributed by atoms with Gasteiger partial charge >= 0.3 is 0 Å². The van der Waals surface area contributed by atoms with E-state index in [0.29, 0.717) is 14.9 Å². The maximum absolute atomic E-state index is 12.1. The molecular formula is C15H19N2O4P. The van der Waals surface area contributed by atoms with Crippen molar-refractivity contribution in [1.82, 2.24) is 5.32 Å². The quantitative estimate of drug-likeness (QED) is 0.740. The van der Waals surface area contributed by atoms with Gasteiger partial charge in [-0.3, -0.25) is 14.6 Å². The van der Waals surface area contributed by atoms with Crippen LogP contribution in [-0.4, -0.2) is 47.5 Å². The van der Waals surface area contributed by atoms with E-state index in [2.05, 4.69) is 16.6 Å². The monoisotopic (exact) mass is 322 g/mol. The molecule has 2 aliphatic rings. The average Bonchev–Trinajstić information content (AvgIpc) is 2.48. The third kappa shape index (κ3) is 3.51. The Morgan fingerprint density at radius 2 is 2.27 bits per heavy atom. The van der Waals surface area contributed by atoms with Crippen LogP contribution in [0.5, 0.6) is 0 Å². The third-order valence-corrected chi connectivity index (χ3v) is 4.08. The van der Waals surface area contributed by atoms with E-state index in [4.69, 9.17) is 4.52 Å². The molecule has 0 radical (unpaired) electrons. The van der Waals surface area contributed by atoms with Gasteiger partial charge < -0.3 is 14.9 Å². The molecule has 0 saturated heterocycles. The number of fused-ring (bicyclic) bond motifs is 1. The van der Waals surface area contributed by atoms with Crippen LogP contribution >= 0.6 is 8.43 Å². The van der Waals surface area contributed by atoms with Gasteiger partial charge in [-0.15, -0.1) is 0 Å². The van der Waals surface area contributed by atoms with Crippen LogP contribution in [0.15, 0.2) is 28.5 Å². The molecule has 2 N–H and O–H groups in total. The zero-order chi connectivity index (χ0) is 16.3. The molecule has 0 aromatic heterocycles. The lowest BCUT2D eigenvalue weighted by atomic mass is 9.79. The number of rotatable bonds is 5. The van der Waals surface area contributed by atoms with Crippen molar-refractivity contribution in [3.63, 3.8) is 0 Å². The molecule has 2 rings (SSSR count). The summed E-state index contributed by atoms with van der Waals surface area (Å²) in [7, 11) is 0.569. The fourth-order valence-electron chi connectivity index (χ4n) is 2.62. The van der Waals surface area contributed by atoms with Crippen molar-refractivity contribution in [1.29, 1.82) is 0 Å². The van der Waals surface area contributed by atoms with Gasteiger partial charge in [-0.1, -0.05) is 6.08 Å². The summed E-state index contributed by atoms with van der Waals surface area (Å²) in [6.07, 6.45) is 6.79. The van der Waals surface area contributed by atoms with Crippen molar-refractivity contribution in [2.75, 3.05) is 6.54 Å². The summed E-state index contributed by atoms with van der Waals surface area (Å²) in [5.41, 5.74) is 1.53. The minimum atomic E-state index is -0.990. The van der Waals surface area contributed by atoms with Crippen molar-refractivity contribution >= 4 is 32.1 Å². The Morgan fingerprint density at radius 1 is 1.55 bits per heavy atom. The molecule has 1 aliphatic carbocycles. The Labute approximate surface area is 130 Å². The zero-order valence-corrected chi connectivity index (χ0v) is 13.5. The SMILES string of the molecule is C=POC1=CC=C2C(C1)C(C)=NC(C(=O)NCC(C)=O)C2O. The fourth-order valence-corrected chi connectivity index (χ4v) is 2.92. The molecule has 0 aromatic rings. The molecule has 7 heteroatoms. The first-order valence-corrected chi connectivity index (χ1v) is 7.97. The molecule has 1 amide bonds. The number of aliphatic hydroxyl groups is 1. The van der Waals surface area contributed by atoms with Crippen LogP contribution in [-0.2, 0) is 14.1 Å². The van der Waals surface area contributed by atoms with Gasteiger partial charge in [0.15, 0.2) is 6.04 Å². The lowest BCUT2D eigenvalue weighted by Crippen LogP contribution is -2.48. The van der Waals surface area contributed by atoms with Crippen LogP contribution in [0.4, 0.5) is 0 Å². The summed E-state index contributed by atoms with van der Waals surface area (Å²) < 4.78 is 5.38. The summed E-state index contributed by atoms with van der Waals surface area (Å²) in [6.45, 7) is 3.17. The molecule has 3 unspecified atom stereocenters. The Kier molecular flexibility index (Phi) is 5.27. The maximum atomic E-state index is 12.1. The Bertz CT molecular complexity index is 594. The van der Waals surface area contributed by atoms with Gasteiger partial charge in [0.1, 0.15) is 26.1 Å². The highest BCUT2D eigenvalue weighted by molar-refractivity contribution is 7.31. The first-order chi connectivity index (χ1) is 10.4. The Morgan fingerprint density at radius 3 is 2.91 bits per heavy atom. The number of ketones is 1. The summed E-state index contributed by atoms with van der Waals surface area (Å²) in [6, 6.07) is -0.913. The molecule has 0 bridgehead atoms. The van der Waals surface area contributed by atoms with Gasteiger partial charge in [-0.2, -0.15) is 0 Å². The van der Waals surface area contributed by atoms with Crippen molar-refractivity contribution < 1.29 is 19.2 Å². The average molecular weight is 322 g/mol. The molecule has 118 valence electrons. The third-order valence-electron chi connectivity index (χ3n) is 3.72. The van der Waals surface area contributed by atoms with E-state index in [9.17, 15) is 14.7 Å². The molecule has 3 atom stereocenters. The molecule has 6 nitrogen and oxygen atoms in total. The van der Waals surface area contributed by atoms with E-state index in [0.717, 1.165) is 17.0 Å². The van der Waals surface area contributed by atoms with Gasteiger partial charge in [0.2, 0.25) is 5.91 Å². The molecule has 1 heterocycles. The van der Waals surface area contributed by atoms with Gasteiger partial charge in [-0.05, 0) is 31.8 Å². The number of hydrogen-bond acceptors (Lipinski definition) is 5. The zero-order valence-electron chi connectivity index (χ0n) is 12.6. The predicted octanol–water partition coefficient (Wildman–Crippen LogP) is 1.04. The minimum Gasteiger partial charge on any atom is -0.444 e. The van der Waals surface area contributed by atoms with E-state index in [1.165, 1.54) is 6.92 Å². The number of carbonyl (C=O) groups is 2. The number of allylic oxidation sites excluding steroid dienone is 3. The van der Waals surface area contributed by atoms with Crippen LogP contribution in [0.2, 0.25) is 0 Å². The highest BCUT2D eigenvalue weighted by Gasteiger charge is 2.39. The van der Waals surface area contributed by atoms with E-state index in [-0.39, 0.29) is 18.2 Å². The van der Waals surface area contributed by atoms with Crippen LogP contribution in [0, 0.1) is 5.92 Å². The van der Waals surface area contributed by atoms with Crippen LogP contribution in [0.25, 0.3) is 0 Å². The number of amides is 1. The van der Waals surface area contributed by atoms with E-state index >= 15 is 0 Å². The molecule has 22 heavy (non-hydrogen) atoms. The number of Topliss-reactive ketones (excluding diaryl/α,β-unsaturated/α-hetero) is 1. The number of aliphatic hydroxyl groups excluding tert-OH is 1. The van der Waals surface area contributed by atoms with Gasteiger partial charge in [0.05, 0.1) is 6.54 Å². The van der Waals surface area contributed by atoms with Crippen LogP contribution in [0.3, 0.4) is 0 Å². The number of carbonyl (C=O) groups excluding carboxylic acids is 2. The lowest BCUT2D eigenvalue weighted by Gasteiger charge is -2.34. The second kappa shape index (κ2) is 6.99.